The average molecular weight is 245 g/mol. The van der Waals surface area contributed by atoms with E-state index in [0.29, 0.717) is 21.6 Å². The first-order chi connectivity index (χ1) is 7.27. The molecule has 1 heterocycles. The van der Waals surface area contributed by atoms with E-state index in [-0.39, 0.29) is 6.61 Å². The van der Waals surface area contributed by atoms with Gasteiger partial charge in [0.1, 0.15) is 0 Å². The van der Waals surface area contributed by atoms with Crippen molar-refractivity contribution in [2.24, 2.45) is 0 Å². The van der Waals surface area contributed by atoms with Crippen LogP contribution < -0.4 is 4.74 Å². The molecule has 2 rings (SSSR count). The van der Waals surface area contributed by atoms with Crippen molar-refractivity contribution in [2.75, 3.05) is 0 Å². The van der Waals surface area contributed by atoms with Crippen LogP contribution >= 0.6 is 23.2 Å². The van der Waals surface area contributed by atoms with Crippen molar-refractivity contribution < 1.29 is 9.26 Å². The summed E-state index contributed by atoms with van der Waals surface area (Å²) < 4.78 is 9.92. The molecule has 1 aromatic heterocycles. The van der Waals surface area contributed by atoms with Crippen molar-refractivity contribution in [2.45, 2.75) is 6.61 Å². The molecule has 0 radical (unpaired) electrons. The summed E-state index contributed by atoms with van der Waals surface area (Å²) in [6.45, 7) is 0.167. The van der Waals surface area contributed by atoms with Gasteiger partial charge in [0.15, 0.2) is 12.4 Å². The summed E-state index contributed by atoms with van der Waals surface area (Å²) in [4.78, 5) is 3.80. The lowest BCUT2D eigenvalue weighted by molar-refractivity contribution is 0.287. The molecule has 0 aliphatic rings. The fourth-order valence-electron chi connectivity index (χ4n) is 1.01. The van der Waals surface area contributed by atoms with Gasteiger partial charge < -0.3 is 9.26 Å². The van der Waals surface area contributed by atoms with E-state index in [1.807, 2.05) is 0 Å². The number of halogens is 2. The minimum Gasteiger partial charge on any atom is -0.482 e. The number of benzene rings is 1. The van der Waals surface area contributed by atoms with Gasteiger partial charge in [-0.15, -0.1) is 0 Å². The van der Waals surface area contributed by atoms with Crippen molar-refractivity contribution in [1.29, 1.82) is 0 Å². The number of nitrogens with zero attached hydrogens (tertiary/aromatic N) is 2. The zero-order valence-electron chi connectivity index (χ0n) is 7.48. The highest BCUT2D eigenvalue weighted by Crippen LogP contribution is 2.32. The summed E-state index contributed by atoms with van der Waals surface area (Å²) in [5.41, 5.74) is 0. The van der Waals surface area contributed by atoms with Gasteiger partial charge in [0.05, 0.1) is 10.0 Å². The van der Waals surface area contributed by atoms with Crippen LogP contribution in [0.5, 0.6) is 5.75 Å². The van der Waals surface area contributed by atoms with Crippen LogP contribution in [0.25, 0.3) is 0 Å². The Bertz CT molecular complexity index is 425. The molecule has 0 spiro atoms. The monoisotopic (exact) mass is 244 g/mol. The van der Waals surface area contributed by atoms with Gasteiger partial charge in [-0.05, 0) is 12.1 Å². The first-order valence-corrected chi connectivity index (χ1v) is 4.85. The molecular weight excluding hydrogens is 239 g/mol. The maximum absolute atomic E-state index is 5.90. The third-order valence-corrected chi connectivity index (χ3v) is 2.27. The molecule has 78 valence electrons. The van der Waals surface area contributed by atoms with Crippen LogP contribution in [-0.4, -0.2) is 10.1 Å². The second-order valence-electron chi connectivity index (χ2n) is 2.69. The summed E-state index contributed by atoms with van der Waals surface area (Å²) in [5.74, 6) is 0.858. The molecule has 0 saturated heterocycles. The number of hydrogen-bond acceptors (Lipinski definition) is 4. The average Bonchev–Trinajstić information content (AvgIpc) is 2.70. The molecule has 0 fully saturated rings. The number of para-hydroxylation sites is 1. The number of aromatic nitrogens is 2. The fraction of sp³-hybridized carbons (Fsp3) is 0.111. The van der Waals surface area contributed by atoms with Crippen LogP contribution in [0.15, 0.2) is 29.1 Å². The molecule has 4 nitrogen and oxygen atoms in total. The van der Waals surface area contributed by atoms with Gasteiger partial charge in [-0.1, -0.05) is 34.4 Å². The van der Waals surface area contributed by atoms with Crippen molar-refractivity contribution in [3.8, 4) is 5.75 Å². The molecule has 0 aliphatic carbocycles. The quantitative estimate of drug-likeness (QED) is 0.833. The highest BCUT2D eigenvalue weighted by Gasteiger charge is 2.08. The van der Waals surface area contributed by atoms with Gasteiger partial charge in [0.2, 0.25) is 12.2 Å². The van der Waals surface area contributed by atoms with E-state index >= 15 is 0 Å². The predicted octanol–water partition coefficient (Wildman–Crippen LogP) is 2.96. The van der Waals surface area contributed by atoms with E-state index in [1.54, 1.807) is 18.2 Å². The van der Waals surface area contributed by atoms with Gasteiger partial charge in [-0.2, -0.15) is 4.98 Å². The molecular formula is C9H6Cl2N2O2. The Kier molecular flexibility index (Phi) is 3.08. The zero-order chi connectivity index (χ0) is 10.7. The van der Waals surface area contributed by atoms with Crippen molar-refractivity contribution in [1.82, 2.24) is 10.1 Å². The number of rotatable bonds is 3. The second-order valence-corrected chi connectivity index (χ2v) is 3.50. The minimum atomic E-state index is 0.167. The second kappa shape index (κ2) is 4.51. The molecule has 0 amide bonds. The Labute approximate surface area is 95.8 Å². The number of ether oxygens (including phenoxy) is 1. The maximum Gasteiger partial charge on any atom is 0.213 e. The lowest BCUT2D eigenvalue weighted by atomic mass is 10.3. The van der Waals surface area contributed by atoms with Crippen molar-refractivity contribution in [3.05, 3.63) is 40.5 Å². The number of hydrogen-bond donors (Lipinski definition) is 0. The molecule has 0 N–H and O–H groups in total. The summed E-state index contributed by atoms with van der Waals surface area (Å²) in [7, 11) is 0. The topological polar surface area (TPSA) is 48.2 Å². The van der Waals surface area contributed by atoms with Gasteiger partial charge in [0, 0.05) is 0 Å². The van der Waals surface area contributed by atoms with Crippen LogP contribution in [0.1, 0.15) is 5.82 Å². The Morgan fingerprint density at radius 1 is 1.27 bits per heavy atom. The van der Waals surface area contributed by atoms with Crippen molar-refractivity contribution in [3.63, 3.8) is 0 Å². The van der Waals surface area contributed by atoms with E-state index in [9.17, 15) is 0 Å². The highest BCUT2D eigenvalue weighted by molar-refractivity contribution is 6.37. The summed E-state index contributed by atoms with van der Waals surface area (Å²) >= 11 is 11.8. The van der Waals surface area contributed by atoms with Crippen LogP contribution in [0, 0.1) is 0 Å². The third kappa shape index (κ3) is 2.40. The molecule has 15 heavy (non-hydrogen) atoms. The molecule has 0 bridgehead atoms. The van der Waals surface area contributed by atoms with Crippen LogP contribution in [0.3, 0.4) is 0 Å². The standard InChI is InChI=1S/C9H6Cl2N2O2/c10-6-2-1-3-7(11)9(6)14-4-8-12-5-15-13-8/h1-3,5H,4H2. The van der Waals surface area contributed by atoms with E-state index in [4.69, 9.17) is 27.9 Å². The maximum atomic E-state index is 5.90. The Balaban J connectivity index is 2.11. The van der Waals surface area contributed by atoms with Gasteiger partial charge in [0.25, 0.3) is 0 Å². The zero-order valence-corrected chi connectivity index (χ0v) is 9.00. The third-order valence-electron chi connectivity index (χ3n) is 1.67. The predicted molar refractivity (Wildman–Crippen MR) is 55.1 cm³/mol. The molecule has 0 saturated carbocycles. The first-order valence-electron chi connectivity index (χ1n) is 4.09. The molecule has 0 unspecified atom stereocenters. The largest absolute Gasteiger partial charge is 0.482 e. The summed E-state index contributed by atoms with van der Waals surface area (Å²) in [6, 6.07) is 5.13. The Morgan fingerprint density at radius 3 is 2.60 bits per heavy atom. The molecule has 2 aromatic rings. The molecule has 0 aliphatic heterocycles. The first kappa shape index (κ1) is 10.3. The van der Waals surface area contributed by atoms with E-state index in [0.717, 1.165) is 0 Å². The Morgan fingerprint density at radius 2 is 2.00 bits per heavy atom. The van der Waals surface area contributed by atoms with Crippen LogP contribution in [0.2, 0.25) is 10.0 Å². The van der Waals surface area contributed by atoms with E-state index in [2.05, 4.69) is 14.7 Å². The molecule has 0 atom stereocenters. The molecule has 6 heteroatoms. The normalized spacial score (nSPS) is 10.3. The van der Waals surface area contributed by atoms with E-state index in [1.165, 1.54) is 6.39 Å². The Hall–Kier alpha value is -1.26. The van der Waals surface area contributed by atoms with Crippen molar-refractivity contribution >= 4 is 23.2 Å². The highest BCUT2D eigenvalue weighted by atomic mass is 35.5. The van der Waals surface area contributed by atoms with Crippen LogP contribution in [-0.2, 0) is 6.61 Å². The SMILES string of the molecule is Clc1cccc(Cl)c1OCc1ncon1. The van der Waals surface area contributed by atoms with Gasteiger partial charge in [-0.3, -0.25) is 0 Å². The lowest BCUT2D eigenvalue weighted by Gasteiger charge is -2.06. The molecule has 1 aromatic carbocycles. The summed E-state index contributed by atoms with van der Waals surface area (Å²) in [6.07, 6.45) is 1.23. The summed E-state index contributed by atoms with van der Waals surface area (Å²) in [5, 5.41) is 4.49. The van der Waals surface area contributed by atoms with E-state index < -0.39 is 0 Å². The minimum absolute atomic E-state index is 0.167. The van der Waals surface area contributed by atoms with Crippen LogP contribution in [0.4, 0.5) is 0 Å². The van der Waals surface area contributed by atoms with Gasteiger partial charge in [-0.25, -0.2) is 0 Å². The fourth-order valence-corrected chi connectivity index (χ4v) is 1.52. The smallest absolute Gasteiger partial charge is 0.213 e. The lowest BCUT2D eigenvalue weighted by Crippen LogP contribution is -1.98. The van der Waals surface area contributed by atoms with Gasteiger partial charge >= 0.3 is 0 Å².